The predicted octanol–water partition coefficient (Wildman–Crippen LogP) is 6.00. The van der Waals surface area contributed by atoms with Crippen molar-refractivity contribution in [3.8, 4) is 0 Å². The number of halogens is 2. The van der Waals surface area contributed by atoms with Gasteiger partial charge < -0.3 is 14.8 Å². The summed E-state index contributed by atoms with van der Waals surface area (Å²) in [5.41, 5.74) is 0.922. The van der Waals surface area contributed by atoms with Gasteiger partial charge in [0.15, 0.2) is 0 Å². The minimum atomic E-state index is -1.01. The van der Waals surface area contributed by atoms with Gasteiger partial charge in [-0.25, -0.2) is 4.79 Å². The molecule has 0 saturated carbocycles. The Kier molecular flexibility index (Phi) is 6.48. The molecule has 10 heteroatoms. The number of nitrogens with zero attached hydrogens (tertiary/aromatic N) is 3. The molecule has 1 aliphatic carbocycles. The van der Waals surface area contributed by atoms with Crippen molar-refractivity contribution in [1.29, 1.82) is 0 Å². The summed E-state index contributed by atoms with van der Waals surface area (Å²) in [6.45, 7) is 6.24. The Morgan fingerprint density at radius 1 is 1.02 bits per heavy atom. The highest BCUT2D eigenvalue weighted by Crippen LogP contribution is 2.57. The summed E-state index contributed by atoms with van der Waals surface area (Å²) in [7, 11) is 1.58. The van der Waals surface area contributed by atoms with Gasteiger partial charge in [-0.15, -0.1) is 0 Å². The summed E-state index contributed by atoms with van der Waals surface area (Å²) in [4.78, 5) is 36.0. The fourth-order valence-electron chi connectivity index (χ4n) is 6.15. The van der Waals surface area contributed by atoms with E-state index in [-0.39, 0.29) is 18.5 Å². The van der Waals surface area contributed by atoms with Gasteiger partial charge in [0.05, 0.1) is 24.0 Å². The van der Waals surface area contributed by atoms with E-state index in [0.717, 1.165) is 17.5 Å². The van der Waals surface area contributed by atoms with Gasteiger partial charge in [-0.1, -0.05) is 54.4 Å². The van der Waals surface area contributed by atoms with E-state index in [2.05, 4.69) is 5.32 Å². The van der Waals surface area contributed by atoms with Crippen molar-refractivity contribution in [2.75, 3.05) is 20.3 Å². The number of fused-ring (bicyclic) bond motifs is 2. The quantitative estimate of drug-likeness (QED) is 0.454. The minimum absolute atomic E-state index is 0.128. The maximum absolute atomic E-state index is 14.5. The number of amides is 3. The highest BCUT2D eigenvalue weighted by molar-refractivity contribution is 6.30. The average Bonchev–Trinajstić information content (AvgIpc) is 3.35. The number of carbonyl (C=O) groups is 2. The second-order valence-corrected chi connectivity index (χ2v) is 11.6. The van der Waals surface area contributed by atoms with Crippen LogP contribution in [0.25, 0.3) is 0 Å². The molecule has 2 unspecified atom stereocenters. The van der Waals surface area contributed by atoms with Gasteiger partial charge in [-0.3, -0.25) is 19.6 Å². The molecule has 3 aliphatic heterocycles. The number of aliphatic imine (C=N–C) groups is 1. The summed E-state index contributed by atoms with van der Waals surface area (Å²) < 4.78 is 12.3. The van der Waals surface area contributed by atoms with Crippen molar-refractivity contribution in [3.05, 3.63) is 92.9 Å². The van der Waals surface area contributed by atoms with Crippen LogP contribution in [0.3, 0.4) is 0 Å². The van der Waals surface area contributed by atoms with Crippen LogP contribution in [0.2, 0.25) is 10.0 Å². The van der Waals surface area contributed by atoms with E-state index < -0.39 is 23.1 Å². The molecule has 6 rings (SSSR count). The van der Waals surface area contributed by atoms with Crippen molar-refractivity contribution < 1.29 is 19.1 Å². The molecule has 8 nitrogen and oxygen atoms in total. The van der Waals surface area contributed by atoms with Crippen molar-refractivity contribution in [2.45, 2.75) is 44.9 Å². The Morgan fingerprint density at radius 3 is 2.25 bits per heavy atom. The van der Waals surface area contributed by atoms with Crippen LogP contribution in [0.15, 0.2) is 76.8 Å². The number of nitrogens with one attached hydrogen (secondary N) is 1. The molecule has 3 heterocycles. The molecular formula is C30H30Cl2N4O4. The van der Waals surface area contributed by atoms with Crippen LogP contribution in [-0.4, -0.2) is 53.4 Å². The van der Waals surface area contributed by atoms with Gasteiger partial charge in [0.2, 0.25) is 5.91 Å². The molecule has 208 valence electrons. The number of ether oxygens (including phenoxy) is 2. The van der Waals surface area contributed by atoms with Crippen LogP contribution in [0.4, 0.5) is 4.79 Å². The molecule has 0 radical (unpaired) electrons. The number of hydrogen-bond donors (Lipinski definition) is 1. The Bertz CT molecular complexity index is 1490. The standard InChI is InChI=1S/C30H30Cl2N4O4/c1-5-14-40-21-15-29(2,39-4)25-26-30(21,3)27-34-23(17-6-10-19(31)11-7-17)24(18-8-12-20(32)13-9-18)36(27)28(38)35(26)16-22(37)33-25/h6-13,15,23-24H,5,14,16H2,1-4H3,(H,33,37)/t23-,24+,29?,30?/m0/s1. The number of rotatable bonds is 6. The molecule has 2 aromatic rings. The van der Waals surface area contributed by atoms with Gasteiger partial charge in [0.1, 0.15) is 35.2 Å². The van der Waals surface area contributed by atoms with Crippen molar-refractivity contribution in [1.82, 2.24) is 15.1 Å². The normalized spacial score (nSPS) is 29.1. The first-order valence-corrected chi connectivity index (χ1v) is 14.0. The Labute approximate surface area is 243 Å². The van der Waals surface area contributed by atoms with E-state index in [1.54, 1.807) is 16.9 Å². The molecule has 1 N–H and O–H groups in total. The number of hydrogen-bond acceptors (Lipinski definition) is 5. The molecule has 0 bridgehead atoms. The molecule has 3 amide bonds. The van der Waals surface area contributed by atoms with E-state index >= 15 is 0 Å². The fraction of sp³-hybridized carbons (Fsp3) is 0.367. The van der Waals surface area contributed by atoms with Gasteiger partial charge in [-0.05, 0) is 61.7 Å². The lowest BCUT2D eigenvalue weighted by Crippen LogP contribution is -2.66. The van der Waals surface area contributed by atoms with Crippen LogP contribution < -0.4 is 5.32 Å². The lowest BCUT2D eigenvalue weighted by atomic mass is 9.71. The third-order valence-electron chi connectivity index (χ3n) is 8.20. The monoisotopic (exact) mass is 580 g/mol. The van der Waals surface area contributed by atoms with Gasteiger partial charge in [-0.2, -0.15) is 0 Å². The summed E-state index contributed by atoms with van der Waals surface area (Å²) >= 11 is 12.5. The number of benzene rings is 2. The zero-order chi connectivity index (χ0) is 28.4. The van der Waals surface area contributed by atoms with Crippen molar-refractivity contribution >= 4 is 41.0 Å². The SMILES string of the molecule is CCCOC1=CC(C)(OC)C2=C3N(CC(=O)N2)C(=O)N2C(=N[C@@H](c4ccc(Cl)cc4)[C@H]2c2ccc(Cl)cc2)C13C. The highest BCUT2D eigenvalue weighted by Gasteiger charge is 2.63. The molecule has 1 saturated heterocycles. The number of methoxy groups -OCH3 is 1. The molecule has 2 aromatic carbocycles. The van der Waals surface area contributed by atoms with E-state index in [0.29, 0.717) is 39.6 Å². The maximum Gasteiger partial charge on any atom is 0.330 e. The molecule has 1 fully saturated rings. The zero-order valence-electron chi connectivity index (χ0n) is 22.7. The molecular weight excluding hydrogens is 551 g/mol. The number of urea groups is 1. The predicted molar refractivity (Wildman–Crippen MR) is 153 cm³/mol. The van der Waals surface area contributed by atoms with Crippen LogP contribution in [-0.2, 0) is 14.3 Å². The third-order valence-corrected chi connectivity index (χ3v) is 8.71. The molecule has 0 spiro atoms. The number of carbonyl (C=O) groups excluding carboxylic acids is 2. The van der Waals surface area contributed by atoms with Crippen LogP contribution in [0.1, 0.15) is 50.4 Å². The first-order valence-electron chi connectivity index (χ1n) is 13.3. The average molecular weight is 582 g/mol. The first kappa shape index (κ1) is 26.9. The lowest BCUT2D eigenvalue weighted by molar-refractivity contribution is -0.123. The van der Waals surface area contributed by atoms with E-state index in [4.69, 9.17) is 37.7 Å². The Balaban J connectivity index is 1.61. The number of amidine groups is 1. The highest BCUT2D eigenvalue weighted by atomic mass is 35.5. The minimum Gasteiger partial charge on any atom is -0.497 e. The maximum atomic E-state index is 14.5. The van der Waals surface area contributed by atoms with E-state index in [9.17, 15) is 9.59 Å². The second-order valence-electron chi connectivity index (χ2n) is 10.7. The molecule has 0 aromatic heterocycles. The Morgan fingerprint density at radius 2 is 1.65 bits per heavy atom. The third kappa shape index (κ3) is 3.88. The fourth-order valence-corrected chi connectivity index (χ4v) is 6.40. The van der Waals surface area contributed by atoms with Crippen LogP contribution in [0.5, 0.6) is 0 Å². The molecule has 40 heavy (non-hydrogen) atoms. The van der Waals surface area contributed by atoms with Gasteiger partial charge >= 0.3 is 6.03 Å². The largest absolute Gasteiger partial charge is 0.497 e. The Hall–Kier alpha value is -3.33. The van der Waals surface area contributed by atoms with Gasteiger partial charge in [0, 0.05) is 17.2 Å². The summed E-state index contributed by atoms with van der Waals surface area (Å²) in [6, 6.07) is 13.7. The first-order chi connectivity index (χ1) is 19.1. The molecule has 4 aliphatic rings. The summed E-state index contributed by atoms with van der Waals surface area (Å²) in [5, 5.41) is 4.21. The van der Waals surface area contributed by atoms with E-state index in [1.807, 2.05) is 75.4 Å². The smallest absolute Gasteiger partial charge is 0.330 e. The van der Waals surface area contributed by atoms with Crippen LogP contribution in [0, 0.1) is 5.41 Å². The second kappa shape index (κ2) is 9.65. The zero-order valence-corrected chi connectivity index (χ0v) is 24.2. The summed E-state index contributed by atoms with van der Waals surface area (Å²) in [6.07, 6.45) is 2.69. The molecule has 4 atom stereocenters. The van der Waals surface area contributed by atoms with Crippen molar-refractivity contribution in [3.63, 3.8) is 0 Å². The van der Waals surface area contributed by atoms with E-state index in [1.165, 1.54) is 0 Å². The van der Waals surface area contributed by atoms with Crippen LogP contribution >= 0.6 is 23.2 Å². The lowest BCUT2D eigenvalue weighted by Gasteiger charge is -2.54. The van der Waals surface area contributed by atoms with Crippen molar-refractivity contribution in [2.24, 2.45) is 10.4 Å². The summed E-state index contributed by atoms with van der Waals surface area (Å²) in [5.74, 6) is 0.889. The van der Waals surface area contributed by atoms with Gasteiger partial charge in [0.25, 0.3) is 0 Å². The topological polar surface area (TPSA) is 83.5 Å².